The molecule has 0 fully saturated rings. The number of amidine groups is 1. The maximum absolute atomic E-state index is 8.59. The molecule has 0 bridgehead atoms. The van der Waals surface area contributed by atoms with E-state index in [1.807, 2.05) is 31.5 Å². The summed E-state index contributed by atoms with van der Waals surface area (Å²) in [6.45, 7) is 4.13. The smallest absolute Gasteiger partial charge is 0.183 e. The Labute approximate surface area is 101 Å². The number of thioether (sulfide) groups is 1. The molecule has 0 unspecified atom stereocenters. The first-order valence-corrected chi connectivity index (χ1v) is 6.31. The first-order chi connectivity index (χ1) is 7.72. The molecular formula is C12H15N3S. The predicted molar refractivity (Wildman–Crippen MR) is 69.9 cm³/mol. The van der Waals surface area contributed by atoms with Gasteiger partial charge >= 0.3 is 0 Å². The first kappa shape index (κ1) is 12.6. The zero-order valence-corrected chi connectivity index (χ0v) is 10.6. The van der Waals surface area contributed by atoms with Crippen LogP contribution in [0.15, 0.2) is 23.2 Å². The highest BCUT2D eigenvalue weighted by Crippen LogP contribution is 2.25. The molecule has 0 saturated carbocycles. The Morgan fingerprint density at radius 2 is 2.31 bits per heavy atom. The summed E-state index contributed by atoms with van der Waals surface area (Å²) in [4.78, 5) is 4.48. The van der Waals surface area contributed by atoms with Crippen molar-refractivity contribution in [2.24, 2.45) is 4.99 Å². The van der Waals surface area contributed by atoms with E-state index in [2.05, 4.69) is 23.3 Å². The van der Waals surface area contributed by atoms with E-state index in [4.69, 9.17) is 5.26 Å². The lowest BCUT2D eigenvalue weighted by Gasteiger charge is -2.07. The van der Waals surface area contributed by atoms with Gasteiger partial charge in [0.15, 0.2) is 11.4 Å². The highest BCUT2D eigenvalue weighted by atomic mass is 32.2. The van der Waals surface area contributed by atoms with Crippen molar-refractivity contribution in [2.45, 2.75) is 20.3 Å². The minimum absolute atomic E-state index is 0.631. The van der Waals surface area contributed by atoms with Crippen LogP contribution in [0, 0.1) is 18.4 Å². The van der Waals surface area contributed by atoms with Crippen molar-refractivity contribution in [3.63, 3.8) is 0 Å². The topological polar surface area (TPSA) is 48.2 Å². The fourth-order valence-corrected chi connectivity index (χ4v) is 1.77. The lowest BCUT2D eigenvalue weighted by Crippen LogP contribution is -2.12. The number of para-hydroxylation sites is 1. The highest BCUT2D eigenvalue weighted by Gasteiger charge is 2.04. The number of benzene rings is 1. The maximum atomic E-state index is 8.59. The zero-order valence-electron chi connectivity index (χ0n) is 9.74. The first-order valence-electron chi connectivity index (χ1n) is 5.09. The van der Waals surface area contributed by atoms with Crippen molar-refractivity contribution in [3.8, 4) is 6.19 Å². The molecule has 4 heteroatoms. The number of hydrogen-bond donors (Lipinski definition) is 1. The second-order valence-corrected chi connectivity index (χ2v) is 4.09. The van der Waals surface area contributed by atoms with E-state index in [0.717, 1.165) is 17.7 Å². The molecule has 84 valence electrons. The summed E-state index contributed by atoms with van der Waals surface area (Å²) in [6.07, 6.45) is 4.73. The summed E-state index contributed by atoms with van der Waals surface area (Å²) in [5, 5.41) is 11.8. The Morgan fingerprint density at radius 3 is 2.88 bits per heavy atom. The van der Waals surface area contributed by atoms with Crippen LogP contribution in [-0.2, 0) is 6.42 Å². The van der Waals surface area contributed by atoms with Gasteiger partial charge in [0, 0.05) is 0 Å². The summed E-state index contributed by atoms with van der Waals surface area (Å²) in [7, 11) is 0. The van der Waals surface area contributed by atoms with Crippen LogP contribution in [0.4, 0.5) is 5.69 Å². The van der Waals surface area contributed by atoms with Gasteiger partial charge in [0.1, 0.15) is 0 Å². The fourth-order valence-electron chi connectivity index (χ4n) is 1.44. The van der Waals surface area contributed by atoms with Gasteiger partial charge in [-0.1, -0.05) is 36.9 Å². The molecule has 1 aromatic carbocycles. The van der Waals surface area contributed by atoms with Crippen LogP contribution in [-0.4, -0.2) is 11.4 Å². The molecule has 16 heavy (non-hydrogen) atoms. The van der Waals surface area contributed by atoms with Gasteiger partial charge in [-0.25, -0.2) is 4.99 Å². The van der Waals surface area contributed by atoms with Gasteiger partial charge in [0.2, 0.25) is 0 Å². The number of hydrogen-bond acceptors (Lipinski definition) is 3. The molecule has 1 N–H and O–H groups in total. The molecule has 0 aliphatic rings. The maximum Gasteiger partial charge on any atom is 0.183 e. The van der Waals surface area contributed by atoms with Gasteiger partial charge in [-0.05, 0) is 30.7 Å². The average molecular weight is 233 g/mol. The third-order valence-corrected chi connectivity index (χ3v) is 2.85. The summed E-state index contributed by atoms with van der Waals surface area (Å²) in [5.41, 5.74) is 3.30. The fraction of sp³-hybridized carbons (Fsp3) is 0.333. The Bertz CT molecular complexity index is 432. The largest absolute Gasteiger partial charge is 0.271 e. The number of nitriles is 1. The van der Waals surface area contributed by atoms with Gasteiger partial charge in [-0.15, -0.1) is 0 Å². The Balaban J connectivity index is 3.17. The van der Waals surface area contributed by atoms with Crippen molar-refractivity contribution in [3.05, 3.63) is 29.3 Å². The number of aryl methyl sites for hydroxylation is 2. The quantitative estimate of drug-likeness (QED) is 0.370. The van der Waals surface area contributed by atoms with Gasteiger partial charge < -0.3 is 0 Å². The normalized spacial score (nSPS) is 11.0. The highest BCUT2D eigenvalue weighted by molar-refractivity contribution is 8.13. The number of nitrogens with zero attached hydrogens (tertiary/aromatic N) is 2. The van der Waals surface area contributed by atoms with Crippen molar-refractivity contribution in [1.82, 2.24) is 5.32 Å². The summed E-state index contributed by atoms with van der Waals surface area (Å²) in [5.74, 6) is 0. The standard InChI is InChI=1S/C12H15N3S/c1-4-10-7-5-6-9(2)11(10)15-12(16-3)14-8-13/h5-7H,4H2,1-3H3,(H,14,15). The third-order valence-electron chi connectivity index (χ3n) is 2.27. The van der Waals surface area contributed by atoms with E-state index in [-0.39, 0.29) is 0 Å². The summed E-state index contributed by atoms with van der Waals surface area (Å²) >= 11 is 1.43. The molecule has 0 spiro atoms. The second kappa shape index (κ2) is 6.19. The van der Waals surface area contributed by atoms with Crippen LogP contribution in [0.1, 0.15) is 18.1 Å². The Morgan fingerprint density at radius 1 is 1.56 bits per heavy atom. The summed E-state index contributed by atoms with van der Waals surface area (Å²) in [6, 6.07) is 6.13. The third kappa shape index (κ3) is 3.01. The van der Waals surface area contributed by atoms with Crippen molar-refractivity contribution in [1.29, 1.82) is 5.26 Å². The minimum Gasteiger partial charge on any atom is -0.271 e. The van der Waals surface area contributed by atoms with Crippen LogP contribution in [0.5, 0.6) is 0 Å². The van der Waals surface area contributed by atoms with Crippen molar-refractivity contribution in [2.75, 3.05) is 6.26 Å². The SMILES string of the molecule is CCc1cccc(C)c1N=C(NC#N)SC. The van der Waals surface area contributed by atoms with Gasteiger partial charge in [0.25, 0.3) is 0 Å². The summed E-state index contributed by atoms with van der Waals surface area (Å²) < 4.78 is 0. The molecule has 1 rings (SSSR count). The molecule has 0 aliphatic carbocycles. The molecule has 0 aliphatic heterocycles. The van der Waals surface area contributed by atoms with Crippen LogP contribution in [0.25, 0.3) is 0 Å². The van der Waals surface area contributed by atoms with Crippen LogP contribution < -0.4 is 5.32 Å². The molecule has 0 heterocycles. The van der Waals surface area contributed by atoms with Crippen LogP contribution in [0.3, 0.4) is 0 Å². The molecular weight excluding hydrogens is 218 g/mol. The van der Waals surface area contributed by atoms with Crippen molar-refractivity contribution >= 4 is 22.6 Å². The molecule has 3 nitrogen and oxygen atoms in total. The van der Waals surface area contributed by atoms with E-state index in [0.29, 0.717) is 5.17 Å². The molecule has 0 amide bonds. The van der Waals surface area contributed by atoms with E-state index in [1.54, 1.807) is 0 Å². The van der Waals surface area contributed by atoms with Gasteiger partial charge in [-0.2, -0.15) is 5.26 Å². The van der Waals surface area contributed by atoms with E-state index in [1.165, 1.54) is 17.3 Å². The Kier molecular flexibility index (Phi) is 4.87. The second-order valence-electron chi connectivity index (χ2n) is 3.29. The van der Waals surface area contributed by atoms with Gasteiger partial charge in [-0.3, -0.25) is 5.32 Å². The zero-order chi connectivity index (χ0) is 12.0. The van der Waals surface area contributed by atoms with E-state index >= 15 is 0 Å². The minimum atomic E-state index is 0.631. The molecule has 0 saturated heterocycles. The lowest BCUT2D eigenvalue weighted by atomic mass is 10.1. The number of nitrogens with one attached hydrogen (secondary N) is 1. The molecule has 1 aromatic rings. The molecule has 0 atom stereocenters. The Hall–Kier alpha value is -1.47. The van der Waals surface area contributed by atoms with E-state index in [9.17, 15) is 0 Å². The van der Waals surface area contributed by atoms with E-state index < -0.39 is 0 Å². The van der Waals surface area contributed by atoms with Crippen LogP contribution >= 0.6 is 11.8 Å². The molecule has 0 radical (unpaired) electrons. The van der Waals surface area contributed by atoms with Crippen LogP contribution in [0.2, 0.25) is 0 Å². The number of rotatable bonds is 2. The molecule has 0 aromatic heterocycles. The van der Waals surface area contributed by atoms with Crippen molar-refractivity contribution < 1.29 is 0 Å². The average Bonchev–Trinajstić information content (AvgIpc) is 2.30. The van der Waals surface area contributed by atoms with Gasteiger partial charge in [0.05, 0.1) is 5.69 Å². The predicted octanol–water partition coefficient (Wildman–Crippen LogP) is 2.98. The lowest BCUT2D eigenvalue weighted by molar-refractivity contribution is 1.12. The monoisotopic (exact) mass is 233 g/mol. The number of aliphatic imine (C=N–C) groups is 1.